The minimum Gasteiger partial charge on any atom is -0.0991 e. The quantitative estimate of drug-likeness (QED) is 0.548. The molecule has 1 saturated carbocycles. The molecule has 2 unspecified atom stereocenters. The second-order valence-electron chi connectivity index (χ2n) is 6.40. The molecule has 0 aromatic carbocycles. The van der Waals surface area contributed by atoms with Crippen molar-refractivity contribution in [3.05, 3.63) is 60.8 Å². The second-order valence-corrected chi connectivity index (χ2v) is 6.40. The van der Waals surface area contributed by atoms with Gasteiger partial charge >= 0.3 is 0 Å². The predicted molar refractivity (Wildman–Crippen MR) is 89.5 cm³/mol. The Morgan fingerprint density at radius 3 is 2.40 bits per heavy atom. The fraction of sp³-hybridized carbons (Fsp3) is 0.500. The molecular formula is C20H28. The highest BCUT2D eigenvalue weighted by Gasteiger charge is 2.37. The maximum absolute atomic E-state index is 4.06. The van der Waals surface area contributed by atoms with Crippen molar-refractivity contribution >= 4 is 0 Å². The van der Waals surface area contributed by atoms with Crippen molar-refractivity contribution in [1.82, 2.24) is 0 Å². The van der Waals surface area contributed by atoms with Crippen molar-refractivity contribution in [2.24, 2.45) is 17.3 Å². The molecule has 108 valence electrons. The number of allylic oxidation sites excluding steroid dienone is 8. The van der Waals surface area contributed by atoms with Crippen LogP contribution in [0.1, 0.15) is 46.0 Å². The molecule has 0 aliphatic heterocycles. The van der Waals surface area contributed by atoms with E-state index in [1.807, 2.05) is 12.2 Å². The molecule has 0 amide bonds. The standard InChI is InChI=1S/C20H28/c1-5-10-18(6-2)20(13-8-7-9-14-20)19-12-11-16(3)17(4)15-19/h5-6,10-12,15-17H,1-2,7-9,13-14H2,3-4H3/b18-10+. The summed E-state index contributed by atoms with van der Waals surface area (Å²) in [6.07, 6.45) is 19.9. The molecule has 2 aliphatic rings. The Morgan fingerprint density at radius 1 is 1.15 bits per heavy atom. The summed E-state index contributed by atoms with van der Waals surface area (Å²) in [5.41, 5.74) is 3.04. The van der Waals surface area contributed by atoms with Crippen LogP contribution >= 0.6 is 0 Å². The van der Waals surface area contributed by atoms with Crippen LogP contribution in [-0.4, -0.2) is 0 Å². The first-order valence-corrected chi connectivity index (χ1v) is 8.00. The third kappa shape index (κ3) is 2.75. The summed E-state index contributed by atoms with van der Waals surface area (Å²) >= 11 is 0. The molecule has 20 heavy (non-hydrogen) atoms. The van der Waals surface area contributed by atoms with Gasteiger partial charge in [0.25, 0.3) is 0 Å². The van der Waals surface area contributed by atoms with Gasteiger partial charge in [-0.05, 0) is 35.8 Å². The molecule has 0 radical (unpaired) electrons. The number of hydrogen-bond acceptors (Lipinski definition) is 0. The van der Waals surface area contributed by atoms with Gasteiger partial charge in [0.1, 0.15) is 0 Å². The Kier molecular flexibility index (Phi) is 4.86. The summed E-state index contributed by atoms with van der Waals surface area (Å²) in [5.74, 6) is 1.28. The lowest BCUT2D eigenvalue weighted by molar-refractivity contribution is 0.296. The third-order valence-electron chi connectivity index (χ3n) is 5.18. The van der Waals surface area contributed by atoms with E-state index in [9.17, 15) is 0 Å². The Morgan fingerprint density at radius 2 is 1.85 bits per heavy atom. The van der Waals surface area contributed by atoms with Gasteiger partial charge in [0.2, 0.25) is 0 Å². The molecule has 0 heterocycles. The first kappa shape index (κ1) is 15.1. The summed E-state index contributed by atoms with van der Waals surface area (Å²) in [4.78, 5) is 0. The van der Waals surface area contributed by atoms with E-state index < -0.39 is 0 Å². The molecule has 0 aromatic rings. The van der Waals surface area contributed by atoms with Crippen LogP contribution in [0, 0.1) is 17.3 Å². The fourth-order valence-corrected chi connectivity index (χ4v) is 3.69. The number of rotatable bonds is 4. The van der Waals surface area contributed by atoms with E-state index in [0.717, 1.165) is 0 Å². The lowest BCUT2D eigenvalue weighted by atomic mass is 9.62. The van der Waals surface area contributed by atoms with Crippen LogP contribution in [-0.2, 0) is 0 Å². The van der Waals surface area contributed by atoms with Gasteiger partial charge in [-0.1, -0.05) is 82.7 Å². The van der Waals surface area contributed by atoms with Crippen LogP contribution in [0.2, 0.25) is 0 Å². The monoisotopic (exact) mass is 268 g/mol. The van der Waals surface area contributed by atoms with Crippen LogP contribution in [0.3, 0.4) is 0 Å². The minimum atomic E-state index is 0.180. The summed E-state index contributed by atoms with van der Waals surface area (Å²) in [6.45, 7) is 12.6. The van der Waals surface area contributed by atoms with E-state index in [1.54, 1.807) is 0 Å². The molecule has 0 heteroatoms. The molecule has 0 nitrogen and oxygen atoms in total. The van der Waals surface area contributed by atoms with Crippen LogP contribution in [0.5, 0.6) is 0 Å². The van der Waals surface area contributed by atoms with Gasteiger partial charge in [0.05, 0.1) is 0 Å². The smallest absolute Gasteiger partial charge is 0.0199 e. The van der Waals surface area contributed by atoms with Crippen molar-refractivity contribution in [2.45, 2.75) is 46.0 Å². The van der Waals surface area contributed by atoms with E-state index >= 15 is 0 Å². The molecule has 2 rings (SSSR count). The highest BCUT2D eigenvalue weighted by atomic mass is 14.4. The topological polar surface area (TPSA) is 0 Å². The SMILES string of the molecule is C=C/C=C(\C=C)C1(C2=CC(C)C(C)C=C2)CCCCC1. The van der Waals surface area contributed by atoms with Crippen molar-refractivity contribution in [2.75, 3.05) is 0 Å². The molecule has 0 spiro atoms. The Balaban J connectivity index is 2.45. The highest BCUT2D eigenvalue weighted by molar-refractivity contribution is 5.44. The van der Waals surface area contributed by atoms with Crippen LogP contribution in [0.25, 0.3) is 0 Å². The predicted octanol–water partition coefficient (Wildman–Crippen LogP) is 6.00. The highest BCUT2D eigenvalue weighted by Crippen LogP contribution is 2.50. The molecule has 0 saturated heterocycles. The zero-order chi connectivity index (χ0) is 14.6. The normalized spacial score (nSPS) is 29.7. The maximum Gasteiger partial charge on any atom is 0.0199 e. The van der Waals surface area contributed by atoms with E-state index in [2.05, 4.69) is 51.3 Å². The molecule has 0 bridgehead atoms. The van der Waals surface area contributed by atoms with Crippen molar-refractivity contribution in [3.8, 4) is 0 Å². The van der Waals surface area contributed by atoms with E-state index in [0.29, 0.717) is 11.8 Å². The molecular weight excluding hydrogens is 240 g/mol. The Hall–Kier alpha value is -1.30. The van der Waals surface area contributed by atoms with Crippen molar-refractivity contribution in [1.29, 1.82) is 0 Å². The first-order chi connectivity index (χ1) is 9.64. The first-order valence-electron chi connectivity index (χ1n) is 8.00. The average molecular weight is 268 g/mol. The van der Waals surface area contributed by atoms with Gasteiger partial charge in [0, 0.05) is 5.41 Å². The Bertz CT molecular complexity index is 452. The van der Waals surface area contributed by atoms with Crippen molar-refractivity contribution in [3.63, 3.8) is 0 Å². The largest absolute Gasteiger partial charge is 0.0991 e. The van der Waals surface area contributed by atoms with Crippen LogP contribution < -0.4 is 0 Å². The zero-order valence-electron chi connectivity index (χ0n) is 13.1. The summed E-state index contributed by atoms with van der Waals surface area (Å²) < 4.78 is 0. The molecule has 0 N–H and O–H groups in total. The van der Waals surface area contributed by atoms with Gasteiger partial charge in [-0.15, -0.1) is 0 Å². The fourth-order valence-electron chi connectivity index (χ4n) is 3.69. The van der Waals surface area contributed by atoms with Crippen LogP contribution in [0.15, 0.2) is 60.8 Å². The third-order valence-corrected chi connectivity index (χ3v) is 5.18. The molecule has 0 aromatic heterocycles. The van der Waals surface area contributed by atoms with Gasteiger partial charge in [0.15, 0.2) is 0 Å². The van der Waals surface area contributed by atoms with Gasteiger partial charge in [-0.25, -0.2) is 0 Å². The molecule has 1 fully saturated rings. The van der Waals surface area contributed by atoms with E-state index in [4.69, 9.17) is 0 Å². The van der Waals surface area contributed by atoms with E-state index in [1.165, 1.54) is 43.3 Å². The summed E-state index contributed by atoms with van der Waals surface area (Å²) in [5, 5.41) is 0. The van der Waals surface area contributed by atoms with Gasteiger partial charge in [-0.2, -0.15) is 0 Å². The lowest BCUT2D eigenvalue weighted by Crippen LogP contribution is -2.29. The van der Waals surface area contributed by atoms with Crippen molar-refractivity contribution < 1.29 is 0 Å². The molecule has 2 aliphatic carbocycles. The average Bonchev–Trinajstić information content (AvgIpc) is 2.48. The van der Waals surface area contributed by atoms with Gasteiger partial charge < -0.3 is 0 Å². The van der Waals surface area contributed by atoms with Gasteiger partial charge in [-0.3, -0.25) is 0 Å². The van der Waals surface area contributed by atoms with E-state index in [-0.39, 0.29) is 5.41 Å². The molecule has 2 atom stereocenters. The Labute approximate surface area is 124 Å². The maximum atomic E-state index is 4.06. The summed E-state index contributed by atoms with van der Waals surface area (Å²) in [7, 11) is 0. The summed E-state index contributed by atoms with van der Waals surface area (Å²) in [6, 6.07) is 0. The zero-order valence-corrected chi connectivity index (χ0v) is 13.1. The second kappa shape index (κ2) is 6.43. The lowest BCUT2D eigenvalue weighted by Gasteiger charge is -2.42. The van der Waals surface area contributed by atoms with Crippen LogP contribution in [0.4, 0.5) is 0 Å². The number of hydrogen-bond donors (Lipinski definition) is 0. The minimum absolute atomic E-state index is 0.180.